The number of hydrogen-bond acceptors (Lipinski definition) is 5. The first kappa shape index (κ1) is 14.4. The van der Waals surface area contributed by atoms with Gasteiger partial charge in [-0.2, -0.15) is 0 Å². The van der Waals surface area contributed by atoms with Gasteiger partial charge in [0.05, 0.1) is 11.9 Å². The smallest absolute Gasteiger partial charge is 0.326 e. The maximum absolute atomic E-state index is 12.0. The number of aromatic nitrogens is 2. The molecule has 0 bridgehead atoms. The number of hydrogen-bond donors (Lipinski definition) is 5. The van der Waals surface area contributed by atoms with E-state index in [9.17, 15) is 19.8 Å². The Balaban J connectivity index is 2.14. The number of nitrogens with zero attached hydrogens (tertiary/aromatic N) is 1. The SMILES string of the molecule is O=C(NC(Cc1cnc[nH]1)C(=O)O)c1cc(O)ccc1O. The Hall–Kier alpha value is -3.03. The van der Waals surface area contributed by atoms with Crippen molar-refractivity contribution in [2.75, 3.05) is 0 Å². The molecule has 8 heteroatoms. The first-order valence-corrected chi connectivity index (χ1v) is 6.00. The average molecular weight is 291 g/mol. The van der Waals surface area contributed by atoms with Gasteiger partial charge in [-0.05, 0) is 18.2 Å². The number of rotatable bonds is 5. The highest BCUT2D eigenvalue weighted by atomic mass is 16.4. The molecule has 1 unspecified atom stereocenters. The minimum atomic E-state index is -1.22. The number of nitrogens with one attached hydrogen (secondary N) is 2. The second kappa shape index (κ2) is 5.95. The van der Waals surface area contributed by atoms with Crippen LogP contribution in [0, 0.1) is 0 Å². The van der Waals surface area contributed by atoms with Crippen molar-refractivity contribution in [1.82, 2.24) is 15.3 Å². The minimum Gasteiger partial charge on any atom is -0.508 e. The number of amides is 1. The van der Waals surface area contributed by atoms with Crippen LogP contribution in [0.15, 0.2) is 30.7 Å². The molecular weight excluding hydrogens is 278 g/mol. The summed E-state index contributed by atoms with van der Waals surface area (Å²) in [5.41, 5.74) is 0.341. The second-order valence-electron chi connectivity index (χ2n) is 4.35. The van der Waals surface area contributed by atoms with Crippen LogP contribution >= 0.6 is 0 Å². The van der Waals surface area contributed by atoms with Gasteiger partial charge in [0, 0.05) is 18.3 Å². The van der Waals surface area contributed by atoms with E-state index in [-0.39, 0.29) is 23.5 Å². The van der Waals surface area contributed by atoms with E-state index in [0.717, 1.165) is 12.1 Å². The summed E-state index contributed by atoms with van der Waals surface area (Å²) >= 11 is 0. The van der Waals surface area contributed by atoms with Crippen LogP contribution in [0.2, 0.25) is 0 Å². The lowest BCUT2D eigenvalue weighted by molar-refractivity contribution is -0.139. The molecule has 0 fully saturated rings. The third-order valence-electron chi connectivity index (χ3n) is 2.81. The molecule has 0 saturated carbocycles. The lowest BCUT2D eigenvalue weighted by Gasteiger charge is -2.14. The number of carbonyl (C=O) groups excluding carboxylic acids is 1. The lowest BCUT2D eigenvalue weighted by Crippen LogP contribution is -2.42. The molecule has 1 heterocycles. The largest absolute Gasteiger partial charge is 0.508 e. The van der Waals surface area contributed by atoms with Gasteiger partial charge in [0.15, 0.2) is 0 Å². The number of H-pyrrole nitrogens is 1. The molecule has 0 radical (unpaired) electrons. The maximum Gasteiger partial charge on any atom is 0.326 e. The van der Waals surface area contributed by atoms with Gasteiger partial charge in [-0.3, -0.25) is 4.79 Å². The molecule has 1 aromatic carbocycles. The van der Waals surface area contributed by atoms with E-state index in [2.05, 4.69) is 15.3 Å². The monoisotopic (exact) mass is 291 g/mol. The standard InChI is InChI=1S/C13H13N3O5/c17-8-1-2-11(18)9(4-8)12(19)16-10(13(20)21)3-7-5-14-6-15-7/h1-2,4-6,10,17-18H,3H2,(H,14,15)(H,16,19)(H,20,21). The number of imidazole rings is 1. The normalized spacial score (nSPS) is 11.8. The molecule has 1 atom stereocenters. The van der Waals surface area contributed by atoms with Crippen molar-refractivity contribution < 1.29 is 24.9 Å². The first-order chi connectivity index (χ1) is 9.97. The van der Waals surface area contributed by atoms with Crippen LogP contribution in [-0.2, 0) is 11.2 Å². The summed E-state index contributed by atoms with van der Waals surface area (Å²) in [7, 11) is 0. The third kappa shape index (κ3) is 3.50. The van der Waals surface area contributed by atoms with Gasteiger partial charge in [0.2, 0.25) is 0 Å². The zero-order valence-corrected chi connectivity index (χ0v) is 10.8. The lowest BCUT2D eigenvalue weighted by atomic mass is 10.1. The quantitative estimate of drug-likeness (QED) is 0.501. The van der Waals surface area contributed by atoms with E-state index < -0.39 is 17.9 Å². The summed E-state index contributed by atoms with van der Waals surface area (Å²) in [6, 6.07) is 2.22. The fourth-order valence-electron chi connectivity index (χ4n) is 1.76. The van der Waals surface area contributed by atoms with Gasteiger partial charge in [-0.15, -0.1) is 0 Å². The predicted octanol–water partition coefficient (Wildman–Crippen LogP) is 0.247. The van der Waals surface area contributed by atoms with Gasteiger partial charge < -0.3 is 25.6 Å². The highest BCUT2D eigenvalue weighted by Crippen LogP contribution is 2.22. The Labute approximate surface area is 119 Å². The molecule has 21 heavy (non-hydrogen) atoms. The Morgan fingerprint density at radius 1 is 1.33 bits per heavy atom. The molecule has 0 spiro atoms. The van der Waals surface area contributed by atoms with E-state index in [1.165, 1.54) is 18.6 Å². The molecule has 2 aromatic rings. The number of carboxylic acid groups (broad SMARTS) is 1. The summed E-state index contributed by atoms with van der Waals surface area (Å²) in [4.78, 5) is 29.7. The Morgan fingerprint density at radius 3 is 2.71 bits per heavy atom. The number of aliphatic carboxylic acids is 1. The molecule has 0 aliphatic heterocycles. The van der Waals surface area contributed by atoms with Crippen molar-refractivity contribution in [3.8, 4) is 11.5 Å². The van der Waals surface area contributed by atoms with Crippen molar-refractivity contribution in [3.05, 3.63) is 42.0 Å². The van der Waals surface area contributed by atoms with Crippen LogP contribution in [0.1, 0.15) is 16.1 Å². The van der Waals surface area contributed by atoms with Crippen LogP contribution < -0.4 is 5.32 Å². The summed E-state index contributed by atoms with van der Waals surface area (Å²) in [6.07, 6.45) is 2.87. The highest BCUT2D eigenvalue weighted by Gasteiger charge is 2.23. The van der Waals surface area contributed by atoms with Crippen LogP contribution in [0.3, 0.4) is 0 Å². The third-order valence-corrected chi connectivity index (χ3v) is 2.81. The number of carboxylic acids is 1. The molecular formula is C13H13N3O5. The van der Waals surface area contributed by atoms with E-state index in [0.29, 0.717) is 5.69 Å². The fraction of sp³-hybridized carbons (Fsp3) is 0.154. The molecule has 0 aliphatic carbocycles. The molecule has 110 valence electrons. The van der Waals surface area contributed by atoms with Crippen LogP contribution in [0.25, 0.3) is 0 Å². The van der Waals surface area contributed by atoms with E-state index in [4.69, 9.17) is 5.11 Å². The van der Waals surface area contributed by atoms with Gasteiger partial charge in [-0.25, -0.2) is 9.78 Å². The highest BCUT2D eigenvalue weighted by molar-refractivity contribution is 5.99. The number of aromatic amines is 1. The molecule has 1 aromatic heterocycles. The molecule has 2 rings (SSSR count). The zero-order chi connectivity index (χ0) is 15.4. The summed E-state index contributed by atoms with van der Waals surface area (Å²) in [6.45, 7) is 0. The topological polar surface area (TPSA) is 136 Å². The number of carbonyl (C=O) groups is 2. The molecule has 0 saturated heterocycles. The minimum absolute atomic E-state index is 0.0145. The number of benzene rings is 1. The van der Waals surface area contributed by atoms with E-state index in [1.807, 2.05) is 0 Å². The zero-order valence-electron chi connectivity index (χ0n) is 10.8. The van der Waals surface area contributed by atoms with Gasteiger partial charge >= 0.3 is 5.97 Å². The van der Waals surface area contributed by atoms with Crippen LogP contribution in [0.4, 0.5) is 0 Å². The molecule has 8 nitrogen and oxygen atoms in total. The Kier molecular flexibility index (Phi) is 4.07. The molecule has 0 aliphatic rings. The summed E-state index contributed by atoms with van der Waals surface area (Å²) in [5.74, 6) is -2.58. The van der Waals surface area contributed by atoms with Crippen LogP contribution in [0.5, 0.6) is 11.5 Å². The van der Waals surface area contributed by atoms with Crippen molar-refractivity contribution in [3.63, 3.8) is 0 Å². The molecule has 5 N–H and O–H groups in total. The van der Waals surface area contributed by atoms with Crippen molar-refractivity contribution in [2.45, 2.75) is 12.5 Å². The second-order valence-corrected chi connectivity index (χ2v) is 4.35. The van der Waals surface area contributed by atoms with Gasteiger partial charge in [0.1, 0.15) is 17.5 Å². The van der Waals surface area contributed by atoms with Crippen molar-refractivity contribution >= 4 is 11.9 Å². The van der Waals surface area contributed by atoms with E-state index >= 15 is 0 Å². The van der Waals surface area contributed by atoms with Crippen molar-refractivity contribution in [1.29, 1.82) is 0 Å². The predicted molar refractivity (Wildman–Crippen MR) is 71.0 cm³/mol. The average Bonchev–Trinajstić information content (AvgIpc) is 2.93. The Morgan fingerprint density at radius 2 is 2.10 bits per heavy atom. The number of phenolic OH excluding ortho intramolecular Hbond substituents is 2. The first-order valence-electron chi connectivity index (χ1n) is 6.00. The van der Waals surface area contributed by atoms with Crippen molar-refractivity contribution in [2.24, 2.45) is 0 Å². The summed E-state index contributed by atoms with van der Waals surface area (Å²) < 4.78 is 0. The van der Waals surface area contributed by atoms with Crippen LogP contribution in [-0.4, -0.2) is 43.2 Å². The maximum atomic E-state index is 12.0. The van der Waals surface area contributed by atoms with E-state index in [1.54, 1.807) is 0 Å². The van der Waals surface area contributed by atoms with Gasteiger partial charge in [-0.1, -0.05) is 0 Å². The Bertz CT molecular complexity index is 654. The molecule has 1 amide bonds. The number of aromatic hydroxyl groups is 2. The number of phenols is 2. The summed E-state index contributed by atoms with van der Waals surface area (Å²) in [5, 5.41) is 30.3. The van der Waals surface area contributed by atoms with Gasteiger partial charge in [0.25, 0.3) is 5.91 Å². The fourth-order valence-corrected chi connectivity index (χ4v) is 1.76.